The quantitative estimate of drug-likeness (QED) is 0.712. The SMILES string of the molecule is CCS(=O)(=O)CCCNC1CCN2CCCC12. The normalized spacial score (nSPS) is 29.7. The molecule has 2 heterocycles. The third-order valence-corrected chi connectivity index (χ3v) is 5.87. The molecular weight excluding hydrogens is 236 g/mol. The summed E-state index contributed by atoms with van der Waals surface area (Å²) in [5.41, 5.74) is 0. The van der Waals surface area contributed by atoms with E-state index in [0.717, 1.165) is 19.0 Å². The van der Waals surface area contributed by atoms with E-state index in [-0.39, 0.29) is 5.75 Å². The maximum Gasteiger partial charge on any atom is 0.150 e. The van der Waals surface area contributed by atoms with Crippen molar-refractivity contribution in [2.75, 3.05) is 31.1 Å². The van der Waals surface area contributed by atoms with E-state index in [1.54, 1.807) is 6.92 Å². The van der Waals surface area contributed by atoms with Crippen LogP contribution in [0.5, 0.6) is 0 Å². The molecule has 0 saturated carbocycles. The molecular formula is C12H24N2O2S. The van der Waals surface area contributed by atoms with Crippen LogP contribution >= 0.6 is 0 Å². The number of hydrogen-bond acceptors (Lipinski definition) is 4. The minimum absolute atomic E-state index is 0.271. The van der Waals surface area contributed by atoms with Crippen molar-refractivity contribution in [3.05, 3.63) is 0 Å². The van der Waals surface area contributed by atoms with E-state index in [1.807, 2.05) is 0 Å². The molecule has 2 aliphatic rings. The van der Waals surface area contributed by atoms with Gasteiger partial charge in [-0.25, -0.2) is 8.42 Å². The summed E-state index contributed by atoms with van der Waals surface area (Å²) in [6.07, 6.45) is 4.61. The van der Waals surface area contributed by atoms with Crippen LogP contribution in [0.4, 0.5) is 0 Å². The van der Waals surface area contributed by atoms with E-state index in [4.69, 9.17) is 0 Å². The smallest absolute Gasteiger partial charge is 0.150 e. The van der Waals surface area contributed by atoms with Gasteiger partial charge >= 0.3 is 0 Å². The van der Waals surface area contributed by atoms with Gasteiger partial charge in [-0.3, -0.25) is 4.90 Å². The second-order valence-corrected chi connectivity index (χ2v) is 7.66. The maximum absolute atomic E-state index is 11.3. The monoisotopic (exact) mass is 260 g/mol. The van der Waals surface area contributed by atoms with Gasteiger partial charge in [0.1, 0.15) is 9.84 Å². The summed E-state index contributed by atoms with van der Waals surface area (Å²) in [5, 5.41) is 3.54. The van der Waals surface area contributed by atoms with Crippen LogP contribution in [0.15, 0.2) is 0 Å². The first-order valence-corrected chi connectivity index (χ1v) is 8.62. The highest BCUT2D eigenvalue weighted by atomic mass is 32.2. The lowest BCUT2D eigenvalue weighted by molar-refractivity contribution is 0.299. The molecule has 2 rings (SSSR count). The van der Waals surface area contributed by atoms with Crippen molar-refractivity contribution in [2.45, 2.75) is 44.7 Å². The van der Waals surface area contributed by atoms with Gasteiger partial charge < -0.3 is 5.32 Å². The van der Waals surface area contributed by atoms with E-state index in [0.29, 0.717) is 11.8 Å². The molecule has 2 fully saturated rings. The molecule has 0 amide bonds. The van der Waals surface area contributed by atoms with E-state index < -0.39 is 9.84 Å². The summed E-state index contributed by atoms with van der Waals surface area (Å²) in [6.45, 7) is 5.03. The van der Waals surface area contributed by atoms with Crippen molar-refractivity contribution < 1.29 is 8.42 Å². The first kappa shape index (κ1) is 13.3. The molecule has 5 heteroatoms. The predicted molar refractivity (Wildman–Crippen MR) is 69.9 cm³/mol. The molecule has 0 bridgehead atoms. The summed E-state index contributed by atoms with van der Waals surface area (Å²) in [6, 6.07) is 1.32. The highest BCUT2D eigenvalue weighted by molar-refractivity contribution is 7.91. The van der Waals surface area contributed by atoms with Crippen LogP contribution in [0.3, 0.4) is 0 Å². The van der Waals surface area contributed by atoms with Crippen LogP contribution in [-0.2, 0) is 9.84 Å². The van der Waals surface area contributed by atoms with Crippen LogP contribution in [0, 0.1) is 0 Å². The third kappa shape index (κ3) is 3.42. The van der Waals surface area contributed by atoms with Crippen molar-refractivity contribution in [3.63, 3.8) is 0 Å². The third-order valence-electron chi connectivity index (χ3n) is 4.08. The second kappa shape index (κ2) is 5.67. The minimum atomic E-state index is -2.78. The van der Waals surface area contributed by atoms with Crippen LogP contribution in [-0.4, -0.2) is 56.5 Å². The molecule has 17 heavy (non-hydrogen) atoms. The van der Waals surface area contributed by atoms with Gasteiger partial charge in [-0.15, -0.1) is 0 Å². The number of hydrogen-bond donors (Lipinski definition) is 1. The molecule has 0 aromatic heterocycles. The Bertz CT molecular complexity index is 342. The van der Waals surface area contributed by atoms with Crippen molar-refractivity contribution in [1.29, 1.82) is 0 Å². The molecule has 0 spiro atoms. The van der Waals surface area contributed by atoms with Gasteiger partial charge in [-0.1, -0.05) is 6.92 Å². The highest BCUT2D eigenvalue weighted by Gasteiger charge is 2.36. The summed E-state index contributed by atoms with van der Waals surface area (Å²) >= 11 is 0. The van der Waals surface area contributed by atoms with Gasteiger partial charge in [0.25, 0.3) is 0 Å². The minimum Gasteiger partial charge on any atom is -0.312 e. The summed E-state index contributed by atoms with van der Waals surface area (Å²) in [7, 11) is -2.78. The molecule has 2 unspecified atom stereocenters. The number of nitrogens with one attached hydrogen (secondary N) is 1. The zero-order valence-electron chi connectivity index (χ0n) is 10.7. The van der Waals surface area contributed by atoms with Crippen LogP contribution in [0.1, 0.15) is 32.6 Å². The number of sulfone groups is 1. The van der Waals surface area contributed by atoms with Crippen molar-refractivity contribution >= 4 is 9.84 Å². The van der Waals surface area contributed by atoms with Crippen LogP contribution < -0.4 is 5.32 Å². The lowest BCUT2D eigenvalue weighted by Crippen LogP contribution is -2.39. The maximum atomic E-state index is 11.3. The number of rotatable bonds is 6. The predicted octanol–water partition coefficient (Wildman–Crippen LogP) is 0.638. The summed E-state index contributed by atoms with van der Waals surface area (Å²) in [5.74, 6) is 0.602. The fourth-order valence-corrected chi connectivity index (χ4v) is 3.92. The fraction of sp³-hybridized carbons (Fsp3) is 1.00. The molecule has 0 aliphatic carbocycles. The molecule has 0 aromatic carbocycles. The Morgan fingerprint density at radius 1 is 1.29 bits per heavy atom. The molecule has 2 saturated heterocycles. The molecule has 2 aliphatic heterocycles. The van der Waals surface area contributed by atoms with E-state index in [9.17, 15) is 8.42 Å². The molecule has 100 valence electrons. The standard InChI is InChI=1S/C12H24N2O2S/c1-2-17(15,16)10-4-7-13-11-6-9-14-8-3-5-12(11)14/h11-13H,2-10H2,1H3. The Balaban J connectivity index is 1.66. The Labute approximate surface area is 105 Å². The van der Waals surface area contributed by atoms with E-state index in [1.165, 1.54) is 32.4 Å². The zero-order valence-corrected chi connectivity index (χ0v) is 11.5. The first-order valence-electron chi connectivity index (χ1n) is 6.80. The lowest BCUT2D eigenvalue weighted by atomic mass is 10.1. The van der Waals surface area contributed by atoms with Crippen LogP contribution in [0.25, 0.3) is 0 Å². The van der Waals surface area contributed by atoms with E-state index in [2.05, 4.69) is 10.2 Å². The van der Waals surface area contributed by atoms with Gasteiger partial charge in [0, 0.05) is 24.4 Å². The molecule has 0 aromatic rings. The topological polar surface area (TPSA) is 49.4 Å². The lowest BCUT2D eigenvalue weighted by Gasteiger charge is -2.21. The van der Waals surface area contributed by atoms with Crippen molar-refractivity contribution in [2.24, 2.45) is 0 Å². The van der Waals surface area contributed by atoms with Gasteiger partial charge in [-0.2, -0.15) is 0 Å². The average molecular weight is 260 g/mol. The zero-order chi connectivity index (χ0) is 12.3. The second-order valence-electron chi connectivity index (χ2n) is 5.18. The number of nitrogens with zero attached hydrogens (tertiary/aromatic N) is 1. The molecule has 0 radical (unpaired) electrons. The van der Waals surface area contributed by atoms with Gasteiger partial charge in [0.15, 0.2) is 0 Å². The van der Waals surface area contributed by atoms with Gasteiger partial charge in [0.2, 0.25) is 0 Å². The Morgan fingerprint density at radius 2 is 2.12 bits per heavy atom. The first-order chi connectivity index (χ1) is 8.12. The van der Waals surface area contributed by atoms with Crippen LogP contribution in [0.2, 0.25) is 0 Å². The summed E-state index contributed by atoms with van der Waals surface area (Å²) < 4.78 is 22.7. The van der Waals surface area contributed by atoms with E-state index >= 15 is 0 Å². The number of fused-ring (bicyclic) bond motifs is 1. The Hall–Kier alpha value is -0.130. The van der Waals surface area contributed by atoms with Gasteiger partial charge in [0.05, 0.1) is 5.75 Å². The average Bonchev–Trinajstić information content (AvgIpc) is 2.88. The molecule has 4 nitrogen and oxygen atoms in total. The molecule has 2 atom stereocenters. The van der Waals surface area contributed by atoms with Crippen molar-refractivity contribution in [3.8, 4) is 0 Å². The van der Waals surface area contributed by atoms with Crippen molar-refractivity contribution in [1.82, 2.24) is 10.2 Å². The Kier molecular flexibility index (Phi) is 4.44. The Morgan fingerprint density at radius 3 is 2.88 bits per heavy atom. The molecule has 1 N–H and O–H groups in total. The summed E-state index contributed by atoms with van der Waals surface area (Å²) in [4.78, 5) is 2.57. The highest BCUT2D eigenvalue weighted by Crippen LogP contribution is 2.27. The van der Waals surface area contributed by atoms with Gasteiger partial charge in [-0.05, 0) is 38.8 Å². The fourth-order valence-electron chi connectivity index (χ4n) is 3.04. The largest absolute Gasteiger partial charge is 0.312 e.